The first kappa shape index (κ1) is 17.2. The van der Waals surface area contributed by atoms with Crippen LogP contribution in [0, 0.1) is 0 Å². The highest BCUT2D eigenvalue weighted by Crippen LogP contribution is 2.47. The van der Waals surface area contributed by atoms with Gasteiger partial charge in [0.15, 0.2) is 17.7 Å². The van der Waals surface area contributed by atoms with Crippen LogP contribution in [0.2, 0.25) is 0 Å². The highest BCUT2D eigenvalue weighted by molar-refractivity contribution is 5.14. The smallest absolute Gasteiger partial charge is 0.192 e. The molecule has 0 aromatic heterocycles. The first-order valence-corrected chi connectivity index (χ1v) is 7.81. The molecule has 4 atom stereocenters. The molecule has 2 aliphatic rings. The fraction of sp³-hybridized carbons (Fsp3) is 0.625. The highest BCUT2D eigenvalue weighted by Gasteiger charge is 2.66. The summed E-state index contributed by atoms with van der Waals surface area (Å²) >= 11 is 0. The van der Waals surface area contributed by atoms with Gasteiger partial charge in [-0.15, -0.1) is 0 Å². The lowest BCUT2D eigenvalue weighted by atomic mass is 9.96. The number of aliphatic hydroxyl groups is 1. The SMILES string of the molecule is CC1(C)O[C@@H]2[C@@H](CN=[N+]=[N-])O[C@@H](OCc3ccccc3)[C@]2(CO)O1. The Labute approximate surface area is 139 Å². The molecule has 130 valence electrons. The van der Waals surface area contributed by atoms with Crippen LogP contribution in [-0.4, -0.2) is 48.1 Å². The summed E-state index contributed by atoms with van der Waals surface area (Å²) < 4.78 is 23.6. The van der Waals surface area contributed by atoms with Crippen molar-refractivity contribution in [3.63, 3.8) is 0 Å². The molecule has 0 aliphatic carbocycles. The van der Waals surface area contributed by atoms with Crippen LogP contribution in [0.5, 0.6) is 0 Å². The summed E-state index contributed by atoms with van der Waals surface area (Å²) in [6.07, 6.45) is -1.95. The number of benzene rings is 1. The van der Waals surface area contributed by atoms with Gasteiger partial charge in [0.05, 0.1) is 25.9 Å². The van der Waals surface area contributed by atoms with Crippen LogP contribution in [-0.2, 0) is 25.6 Å². The summed E-state index contributed by atoms with van der Waals surface area (Å²) in [7, 11) is 0. The predicted octanol–water partition coefficient (Wildman–Crippen LogP) is 2.12. The summed E-state index contributed by atoms with van der Waals surface area (Å²) in [5, 5.41) is 13.6. The van der Waals surface area contributed by atoms with E-state index in [4.69, 9.17) is 24.5 Å². The standard InChI is InChI=1S/C16H21N3O5/c1-15(2)23-13-12(8-18-19-17)22-14(16(13,10-20)24-15)21-9-11-6-4-3-5-7-11/h3-7,12-14,20H,8-10H2,1-2H3/t12-,13-,14-,16-/m1/s1. The Morgan fingerprint density at radius 1 is 1.33 bits per heavy atom. The zero-order valence-corrected chi connectivity index (χ0v) is 13.7. The minimum absolute atomic E-state index is 0.0769. The summed E-state index contributed by atoms with van der Waals surface area (Å²) in [5.74, 6) is -0.889. The fourth-order valence-electron chi connectivity index (χ4n) is 3.24. The molecule has 0 bridgehead atoms. The summed E-state index contributed by atoms with van der Waals surface area (Å²) in [4.78, 5) is 2.76. The van der Waals surface area contributed by atoms with Gasteiger partial charge in [-0.05, 0) is 24.9 Å². The van der Waals surface area contributed by atoms with Crippen molar-refractivity contribution in [2.24, 2.45) is 5.11 Å². The molecule has 0 amide bonds. The zero-order chi connectivity index (χ0) is 17.2. The van der Waals surface area contributed by atoms with Gasteiger partial charge in [-0.2, -0.15) is 0 Å². The van der Waals surface area contributed by atoms with Gasteiger partial charge < -0.3 is 24.1 Å². The number of hydrogen-bond acceptors (Lipinski definition) is 6. The number of rotatable bonds is 6. The minimum Gasteiger partial charge on any atom is -0.393 e. The largest absolute Gasteiger partial charge is 0.393 e. The van der Waals surface area contributed by atoms with E-state index in [1.807, 2.05) is 30.3 Å². The van der Waals surface area contributed by atoms with Gasteiger partial charge >= 0.3 is 0 Å². The third-order valence-electron chi connectivity index (χ3n) is 4.18. The van der Waals surface area contributed by atoms with E-state index < -0.39 is 29.9 Å². The van der Waals surface area contributed by atoms with Crippen LogP contribution in [0.1, 0.15) is 19.4 Å². The monoisotopic (exact) mass is 335 g/mol. The fourth-order valence-corrected chi connectivity index (χ4v) is 3.24. The summed E-state index contributed by atoms with van der Waals surface area (Å²) in [5.41, 5.74) is 8.39. The average Bonchev–Trinajstić information content (AvgIpc) is 3.01. The van der Waals surface area contributed by atoms with Crippen molar-refractivity contribution in [1.29, 1.82) is 0 Å². The van der Waals surface area contributed by atoms with Crippen molar-refractivity contribution in [3.05, 3.63) is 46.3 Å². The normalized spacial score (nSPS) is 33.9. The molecule has 0 unspecified atom stereocenters. The Kier molecular flexibility index (Phi) is 4.78. The molecule has 8 heteroatoms. The molecule has 1 N–H and O–H groups in total. The van der Waals surface area contributed by atoms with Crippen LogP contribution in [0.3, 0.4) is 0 Å². The number of fused-ring (bicyclic) bond motifs is 1. The van der Waals surface area contributed by atoms with Crippen molar-refractivity contribution in [1.82, 2.24) is 0 Å². The third-order valence-corrected chi connectivity index (χ3v) is 4.18. The topological polar surface area (TPSA) is 106 Å². The first-order valence-electron chi connectivity index (χ1n) is 7.81. The van der Waals surface area contributed by atoms with E-state index in [1.165, 1.54) is 0 Å². The zero-order valence-electron chi connectivity index (χ0n) is 13.7. The molecule has 2 saturated heterocycles. The van der Waals surface area contributed by atoms with E-state index in [2.05, 4.69) is 10.0 Å². The van der Waals surface area contributed by atoms with E-state index in [9.17, 15) is 5.11 Å². The maximum atomic E-state index is 10.0. The van der Waals surface area contributed by atoms with E-state index in [-0.39, 0.29) is 13.2 Å². The Hall–Kier alpha value is -1.67. The van der Waals surface area contributed by atoms with Gasteiger partial charge in [0, 0.05) is 4.91 Å². The molecule has 2 heterocycles. The highest BCUT2D eigenvalue weighted by atomic mass is 16.8. The number of nitrogens with zero attached hydrogens (tertiary/aromatic N) is 3. The Morgan fingerprint density at radius 3 is 2.75 bits per heavy atom. The molecule has 0 spiro atoms. The average molecular weight is 335 g/mol. The van der Waals surface area contributed by atoms with Crippen molar-refractivity contribution < 1.29 is 24.1 Å². The maximum absolute atomic E-state index is 10.0. The Balaban J connectivity index is 1.80. The Bertz CT molecular complexity index is 619. The third kappa shape index (κ3) is 3.12. The molecule has 8 nitrogen and oxygen atoms in total. The number of aliphatic hydroxyl groups excluding tert-OH is 1. The summed E-state index contributed by atoms with van der Waals surface area (Å²) in [6.45, 7) is 3.59. The van der Waals surface area contributed by atoms with Gasteiger partial charge in [0.25, 0.3) is 0 Å². The first-order chi connectivity index (χ1) is 11.5. The van der Waals surface area contributed by atoms with Crippen molar-refractivity contribution in [2.45, 2.75) is 50.3 Å². The molecular formula is C16H21N3O5. The molecular weight excluding hydrogens is 314 g/mol. The molecule has 2 fully saturated rings. The van der Waals surface area contributed by atoms with Crippen molar-refractivity contribution >= 4 is 0 Å². The lowest BCUT2D eigenvalue weighted by molar-refractivity contribution is -0.268. The molecule has 3 rings (SSSR count). The number of azide groups is 1. The molecule has 1 aromatic carbocycles. The molecule has 1 aromatic rings. The number of ether oxygens (including phenoxy) is 4. The van der Waals surface area contributed by atoms with Gasteiger partial charge in [-0.1, -0.05) is 35.4 Å². The number of hydrogen-bond donors (Lipinski definition) is 1. The summed E-state index contributed by atoms with van der Waals surface area (Å²) in [6, 6.07) is 9.63. The van der Waals surface area contributed by atoms with Crippen molar-refractivity contribution in [2.75, 3.05) is 13.2 Å². The lowest BCUT2D eigenvalue weighted by Crippen LogP contribution is -2.51. The molecule has 2 aliphatic heterocycles. The molecule has 0 saturated carbocycles. The van der Waals surface area contributed by atoms with Gasteiger partial charge in [-0.3, -0.25) is 0 Å². The Morgan fingerprint density at radius 2 is 2.08 bits per heavy atom. The van der Waals surface area contributed by atoms with Gasteiger partial charge in [-0.25, -0.2) is 0 Å². The predicted molar refractivity (Wildman–Crippen MR) is 83.8 cm³/mol. The molecule has 24 heavy (non-hydrogen) atoms. The van der Waals surface area contributed by atoms with Gasteiger partial charge in [0.2, 0.25) is 0 Å². The maximum Gasteiger partial charge on any atom is 0.192 e. The van der Waals surface area contributed by atoms with E-state index in [0.29, 0.717) is 6.61 Å². The van der Waals surface area contributed by atoms with Crippen LogP contribution in [0.15, 0.2) is 35.4 Å². The van der Waals surface area contributed by atoms with Gasteiger partial charge in [0.1, 0.15) is 6.10 Å². The minimum atomic E-state index is -1.14. The van der Waals surface area contributed by atoms with Crippen LogP contribution in [0.25, 0.3) is 10.4 Å². The van der Waals surface area contributed by atoms with Crippen LogP contribution < -0.4 is 0 Å². The second-order valence-corrected chi connectivity index (χ2v) is 6.37. The quantitative estimate of drug-likeness (QED) is 0.487. The molecule has 0 radical (unpaired) electrons. The second-order valence-electron chi connectivity index (χ2n) is 6.37. The second kappa shape index (κ2) is 6.68. The van der Waals surface area contributed by atoms with E-state index in [1.54, 1.807) is 13.8 Å². The van der Waals surface area contributed by atoms with E-state index in [0.717, 1.165) is 5.56 Å². The van der Waals surface area contributed by atoms with Crippen LogP contribution in [0.4, 0.5) is 0 Å². The van der Waals surface area contributed by atoms with Crippen LogP contribution >= 0.6 is 0 Å². The van der Waals surface area contributed by atoms with Crippen molar-refractivity contribution in [3.8, 4) is 0 Å². The lowest BCUT2D eigenvalue weighted by Gasteiger charge is -2.31. The van der Waals surface area contributed by atoms with E-state index >= 15 is 0 Å².